The van der Waals surface area contributed by atoms with Gasteiger partial charge < -0.3 is 9.84 Å². The smallest absolute Gasteiger partial charge is 0.330 e. The van der Waals surface area contributed by atoms with Gasteiger partial charge >= 0.3 is 17.6 Å². The third kappa shape index (κ3) is 3.50. The average molecular weight is 351 g/mol. The second kappa shape index (κ2) is 6.46. The number of aliphatic carboxylic acids is 1. The number of hydrogen-bond acceptors (Lipinski definition) is 5. The molecule has 0 spiro atoms. The van der Waals surface area contributed by atoms with Crippen molar-refractivity contribution in [1.82, 2.24) is 0 Å². The van der Waals surface area contributed by atoms with Crippen LogP contribution in [-0.2, 0) is 9.59 Å². The van der Waals surface area contributed by atoms with Crippen LogP contribution in [-0.4, -0.2) is 22.0 Å². The average Bonchev–Trinajstić information content (AvgIpc) is 2.37. The molecule has 0 bridgehead atoms. The lowest BCUT2D eigenvalue weighted by Crippen LogP contribution is -2.59. The van der Waals surface area contributed by atoms with Gasteiger partial charge in [0.25, 0.3) is 0 Å². The topological polar surface area (TPSA) is 107 Å². The molecule has 0 saturated carbocycles. The van der Waals surface area contributed by atoms with Crippen LogP contribution in [0.1, 0.15) is 47.1 Å². The van der Waals surface area contributed by atoms with Gasteiger partial charge in [0.1, 0.15) is 0 Å². The van der Waals surface area contributed by atoms with Crippen molar-refractivity contribution >= 4 is 17.6 Å². The van der Waals surface area contributed by atoms with E-state index < -0.39 is 33.1 Å². The Hall–Kier alpha value is -2.44. The SMILES string of the molecule is Cc1ccc(OC(=O)C(C(=O)O)(C(C)(C)C)C(C)(C)C)c([N+](=O)[O-])c1. The molecule has 0 atom stereocenters. The molecule has 0 heterocycles. The van der Waals surface area contributed by atoms with Gasteiger partial charge in [-0.15, -0.1) is 0 Å². The number of carboxylic acids is 1. The standard InChI is InChI=1S/C18H25NO6/c1-11-8-9-13(12(10-11)19(23)24)25-15(22)18(14(20)21,16(2,3)4)17(5,6)7/h8-10H,1-7H3,(H,20,21). The second-order valence-corrected chi connectivity index (χ2v) is 8.17. The molecule has 138 valence electrons. The Kier molecular flexibility index (Phi) is 5.32. The first-order valence-corrected chi connectivity index (χ1v) is 7.87. The minimum Gasteiger partial charge on any atom is -0.480 e. The quantitative estimate of drug-likeness (QED) is 0.289. The Morgan fingerprint density at radius 2 is 1.56 bits per heavy atom. The highest BCUT2D eigenvalue weighted by Gasteiger charge is 2.63. The first-order valence-electron chi connectivity index (χ1n) is 7.87. The van der Waals surface area contributed by atoms with Crippen molar-refractivity contribution in [2.75, 3.05) is 0 Å². The summed E-state index contributed by atoms with van der Waals surface area (Å²) in [6, 6.07) is 4.15. The minimum absolute atomic E-state index is 0.264. The van der Waals surface area contributed by atoms with E-state index in [1.807, 2.05) is 0 Å². The van der Waals surface area contributed by atoms with Crippen LogP contribution in [0.5, 0.6) is 5.75 Å². The van der Waals surface area contributed by atoms with E-state index in [0.29, 0.717) is 5.56 Å². The van der Waals surface area contributed by atoms with Gasteiger partial charge in [-0.2, -0.15) is 0 Å². The lowest BCUT2D eigenvalue weighted by molar-refractivity contribution is -0.385. The van der Waals surface area contributed by atoms with Crippen molar-refractivity contribution in [3.63, 3.8) is 0 Å². The number of benzene rings is 1. The van der Waals surface area contributed by atoms with Gasteiger partial charge in [0.2, 0.25) is 5.75 Å². The molecule has 0 aliphatic rings. The van der Waals surface area contributed by atoms with Gasteiger partial charge in [-0.3, -0.25) is 19.7 Å². The monoisotopic (exact) mass is 351 g/mol. The summed E-state index contributed by atoms with van der Waals surface area (Å²) in [5.41, 5.74) is -3.64. The predicted octanol–water partition coefficient (Wildman–Crippen LogP) is 3.97. The van der Waals surface area contributed by atoms with Crippen molar-refractivity contribution < 1.29 is 24.4 Å². The van der Waals surface area contributed by atoms with E-state index in [4.69, 9.17) is 4.74 Å². The predicted molar refractivity (Wildman–Crippen MR) is 92.4 cm³/mol. The summed E-state index contributed by atoms with van der Waals surface area (Å²) < 4.78 is 5.28. The minimum atomic E-state index is -1.90. The Morgan fingerprint density at radius 1 is 1.08 bits per heavy atom. The lowest BCUT2D eigenvalue weighted by Gasteiger charge is -2.47. The van der Waals surface area contributed by atoms with E-state index in [1.54, 1.807) is 54.5 Å². The zero-order valence-corrected chi connectivity index (χ0v) is 15.7. The van der Waals surface area contributed by atoms with E-state index >= 15 is 0 Å². The maximum atomic E-state index is 13.0. The number of carbonyl (C=O) groups is 2. The summed E-state index contributed by atoms with van der Waals surface area (Å²) in [6.45, 7) is 11.5. The molecule has 0 aromatic heterocycles. The van der Waals surface area contributed by atoms with Crippen LogP contribution < -0.4 is 4.74 Å². The molecule has 1 rings (SSSR count). The van der Waals surface area contributed by atoms with Crippen molar-refractivity contribution in [2.24, 2.45) is 16.2 Å². The summed E-state index contributed by atoms with van der Waals surface area (Å²) in [5.74, 6) is -2.61. The fraction of sp³-hybridized carbons (Fsp3) is 0.556. The van der Waals surface area contributed by atoms with Crippen molar-refractivity contribution in [3.8, 4) is 5.75 Å². The molecule has 0 fully saturated rings. The highest BCUT2D eigenvalue weighted by atomic mass is 16.6. The van der Waals surface area contributed by atoms with Crippen LogP contribution in [0.15, 0.2) is 18.2 Å². The molecule has 1 aromatic rings. The molecule has 0 aliphatic carbocycles. The molecule has 1 aromatic carbocycles. The molecule has 0 saturated heterocycles. The number of nitro benzene ring substituents is 1. The van der Waals surface area contributed by atoms with Crippen LogP contribution in [0.4, 0.5) is 5.69 Å². The molecular weight excluding hydrogens is 326 g/mol. The molecule has 25 heavy (non-hydrogen) atoms. The number of aryl methyl sites for hydroxylation is 1. The Labute approximate surface area is 147 Å². The van der Waals surface area contributed by atoms with E-state index in [0.717, 1.165) is 0 Å². The van der Waals surface area contributed by atoms with Crippen LogP contribution in [0.2, 0.25) is 0 Å². The van der Waals surface area contributed by atoms with Gasteiger partial charge in [0.15, 0.2) is 5.41 Å². The van der Waals surface area contributed by atoms with Crippen molar-refractivity contribution in [3.05, 3.63) is 33.9 Å². The number of carboxylic acid groups (broad SMARTS) is 1. The highest BCUT2D eigenvalue weighted by molar-refractivity contribution is 6.02. The first kappa shape index (κ1) is 20.6. The number of esters is 1. The van der Waals surface area contributed by atoms with E-state index in [9.17, 15) is 24.8 Å². The largest absolute Gasteiger partial charge is 0.480 e. The number of ether oxygens (including phenoxy) is 1. The van der Waals surface area contributed by atoms with E-state index in [-0.39, 0.29) is 11.4 Å². The Balaban J connectivity index is 3.54. The lowest BCUT2D eigenvalue weighted by atomic mass is 9.54. The zero-order chi connectivity index (χ0) is 19.8. The molecule has 7 nitrogen and oxygen atoms in total. The zero-order valence-electron chi connectivity index (χ0n) is 15.7. The third-order valence-corrected chi connectivity index (χ3v) is 4.39. The third-order valence-electron chi connectivity index (χ3n) is 4.39. The molecular formula is C18H25NO6. The van der Waals surface area contributed by atoms with Gasteiger partial charge in [-0.05, 0) is 29.4 Å². The second-order valence-electron chi connectivity index (χ2n) is 8.17. The molecule has 0 amide bonds. The number of hydrogen-bond donors (Lipinski definition) is 1. The van der Waals surface area contributed by atoms with Crippen molar-refractivity contribution in [2.45, 2.75) is 48.5 Å². The molecule has 1 N–H and O–H groups in total. The van der Waals surface area contributed by atoms with Gasteiger partial charge in [0, 0.05) is 6.07 Å². The first-order chi connectivity index (χ1) is 11.2. The maximum Gasteiger partial charge on any atom is 0.330 e. The van der Waals surface area contributed by atoms with Crippen LogP contribution in [0.25, 0.3) is 0 Å². The molecule has 7 heteroatoms. The number of nitro groups is 1. The van der Waals surface area contributed by atoms with Gasteiger partial charge in [0.05, 0.1) is 4.92 Å². The molecule has 0 aliphatic heterocycles. The summed E-state index contributed by atoms with van der Waals surface area (Å²) in [7, 11) is 0. The number of carbonyl (C=O) groups excluding carboxylic acids is 1. The Bertz CT molecular complexity index is 695. The fourth-order valence-electron chi connectivity index (χ4n) is 3.50. The molecule has 0 unspecified atom stereocenters. The van der Waals surface area contributed by atoms with Gasteiger partial charge in [-0.1, -0.05) is 47.6 Å². The summed E-state index contributed by atoms with van der Waals surface area (Å²) in [4.78, 5) is 35.8. The maximum absolute atomic E-state index is 13.0. The normalized spacial score (nSPS) is 12.6. The fourth-order valence-corrected chi connectivity index (χ4v) is 3.50. The van der Waals surface area contributed by atoms with Crippen molar-refractivity contribution in [1.29, 1.82) is 0 Å². The highest BCUT2D eigenvalue weighted by Crippen LogP contribution is 2.53. The van der Waals surface area contributed by atoms with E-state index in [1.165, 1.54) is 12.1 Å². The summed E-state index contributed by atoms with van der Waals surface area (Å²) in [6.07, 6.45) is 0. The Morgan fingerprint density at radius 3 is 1.92 bits per heavy atom. The van der Waals surface area contributed by atoms with Gasteiger partial charge in [-0.25, -0.2) is 0 Å². The number of rotatable bonds is 4. The van der Waals surface area contributed by atoms with Crippen LogP contribution >= 0.6 is 0 Å². The number of nitrogens with zero attached hydrogens (tertiary/aromatic N) is 1. The summed E-state index contributed by atoms with van der Waals surface area (Å²) >= 11 is 0. The van der Waals surface area contributed by atoms with Crippen LogP contribution in [0.3, 0.4) is 0 Å². The van der Waals surface area contributed by atoms with E-state index in [2.05, 4.69) is 0 Å². The summed E-state index contributed by atoms with van der Waals surface area (Å²) in [5, 5.41) is 21.2. The molecule has 0 radical (unpaired) electrons. The van der Waals surface area contributed by atoms with Crippen LogP contribution in [0, 0.1) is 33.3 Å².